The van der Waals surface area contributed by atoms with Crippen LogP contribution in [0.25, 0.3) is 0 Å². The van der Waals surface area contributed by atoms with Crippen molar-refractivity contribution >= 4 is 0 Å². The Hall–Kier alpha value is -2.42. The first-order valence-corrected chi connectivity index (χ1v) is 8.81. The van der Waals surface area contributed by atoms with Gasteiger partial charge >= 0.3 is 0 Å². The fourth-order valence-electron chi connectivity index (χ4n) is 3.49. The summed E-state index contributed by atoms with van der Waals surface area (Å²) in [5.74, 6) is 0. The van der Waals surface area contributed by atoms with Gasteiger partial charge in [0.2, 0.25) is 0 Å². The number of hydrogen-bond acceptors (Lipinski definition) is 2. The molecule has 0 saturated heterocycles. The minimum atomic E-state index is 0.220. The lowest BCUT2D eigenvalue weighted by Crippen LogP contribution is -2.35. The molecule has 2 nitrogen and oxygen atoms in total. The van der Waals surface area contributed by atoms with Gasteiger partial charge in [0.15, 0.2) is 0 Å². The van der Waals surface area contributed by atoms with Gasteiger partial charge in [-0.2, -0.15) is 0 Å². The van der Waals surface area contributed by atoms with Gasteiger partial charge in [-0.05, 0) is 30.8 Å². The van der Waals surface area contributed by atoms with Gasteiger partial charge in [0.25, 0.3) is 0 Å². The molecule has 128 valence electrons. The van der Waals surface area contributed by atoms with Gasteiger partial charge in [0.05, 0.1) is 12.1 Å². The number of hydrogen-bond donors (Lipinski definition) is 1. The monoisotopic (exact) mass is 330 g/mol. The summed E-state index contributed by atoms with van der Waals surface area (Å²) in [4.78, 5) is 2.43. The molecule has 0 aliphatic heterocycles. The van der Waals surface area contributed by atoms with E-state index in [0.29, 0.717) is 0 Å². The lowest BCUT2D eigenvalue weighted by Gasteiger charge is -2.35. The van der Waals surface area contributed by atoms with E-state index >= 15 is 0 Å². The van der Waals surface area contributed by atoms with Crippen LogP contribution in [0.4, 0.5) is 0 Å². The molecule has 0 spiro atoms. The van der Waals surface area contributed by atoms with E-state index in [1.807, 2.05) is 7.05 Å². The molecule has 0 aromatic heterocycles. The van der Waals surface area contributed by atoms with Gasteiger partial charge in [0.1, 0.15) is 0 Å². The highest BCUT2D eigenvalue weighted by Crippen LogP contribution is 2.34. The van der Waals surface area contributed by atoms with Crippen molar-refractivity contribution in [2.45, 2.75) is 18.6 Å². The summed E-state index contributed by atoms with van der Waals surface area (Å²) in [5.41, 5.74) is 3.96. The minimum absolute atomic E-state index is 0.220. The number of likely N-dealkylation sites (N-methyl/N-ethyl adjacent to an activating group) is 2. The van der Waals surface area contributed by atoms with Crippen LogP contribution in [0.1, 0.15) is 28.8 Å². The number of nitrogens with zero attached hydrogens (tertiary/aromatic N) is 1. The minimum Gasteiger partial charge on any atom is -0.311 e. The van der Waals surface area contributed by atoms with Crippen molar-refractivity contribution < 1.29 is 0 Å². The fourth-order valence-corrected chi connectivity index (χ4v) is 3.49. The third-order valence-corrected chi connectivity index (χ3v) is 4.68. The maximum atomic E-state index is 3.54. The van der Waals surface area contributed by atoms with Gasteiger partial charge in [0, 0.05) is 6.54 Å². The van der Waals surface area contributed by atoms with Crippen molar-refractivity contribution in [2.75, 3.05) is 14.1 Å². The predicted molar refractivity (Wildman–Crippen MR) is 105 cm³/mol. The Kier molecular flexibility index (Phi) is 5.99. The molecule has 0 saturated carbocycles. The number of rotatable bonds is 7. The van der Waals surface area contributed by atoms with Crippen LogP contribution in [-0.2, 0) is 6.54 Å². The zero-order valence-electron chi connectivity index (χ0n) is 15.0. The van der Waals surface area contributed by atoms with E-state index in [2.05, 4.69) is 108 Å². The fraction of sp³-hybridized carbons (Fsp3) is 0.217. The first-order chi connectivity index (χ1) is 12.3. The normalized spacial score (nSPS) is 13.6. The summed E-state index contributed by atoms with van der Waals surface area (Å²) in [5, 5.41) is 3.54. The van der Waals surface area contributed by atoms with Crippen LogP contribution >= 0.6 is 0 Å². The molecular weight excluding hydrogens is 304 g/mol. The second-order valence-corrected chi connectivity index (χ2v) is 6.43. The average Bonchev–Trinajstić information content (AvgIpc) is 2.68. The summed E-state index contributed by atoms with van der Waals surface area (Å²) in [6, 6.07) is 32.6. The molecule has 2 heteroatoms. The van der Waals surface area contributed by atoms with Crippen LogP contribution < -0.4 is 5.32 Å². The smallest absolute Gasteiger partial charge is 0.0543 e. The van der Waals surface area contributed by atoms with Crippen LogP contribution in [0, 0.1) is 0 Å². The molecule has 2 unspecified atom stereocenters. The highest BCUT2D eigenvalue weighted by Gasteiger charge is 2.27. The summed E-state index contributed by atoms with van der Waals surface area (Å²) < 4.78 is 0. The van der Waals surface area contributed by atoms with Gasteiger partial charge < -0.3 is 5.32 Å². The van der Waals surface area contributed by atoms with E-state index in [-0.39, 0.29) is 12.1 Å². The molecule has 0 radical (unpaired) electrons. The molecular formula is C23H26N2. The van der Waals surface area contributed by atoms with Crippen LogP contribution in [0.3, 0.4) is 0 Å². The van der Waals surface area contributed by atoms with E-state index in [0.717, 1.165) is 6.54 Å². The highest BCUT2D eigenvalue weighted by molar-refractivity contribution is 5.28. The molecule has 25 heavy (non-hydrogen) atoms. The molecule has 0 aliphatic carbocycles. The lowest BCUT2D eigenvalue weighted by molar-refractivity contribution is 0.190. The Bertz CT molecular complexity index is 741. The molecule has 3 aromatic carbocycles. The average molecular weight is 330 g/mol. The Labute approximate surface area is 151 Å². The SMILES string of the molecule is CNC(c1ccccc1)C(c1ccccc1)N(C)Cc1ccccc1. The molecule has 0 fully saturated rings. The van der Waals surface area contributed by atoms with Gasteiger partial charge in [-0.15, -0.1) is 0 Å². The van der Waals surface area contributed by atoms with Crippen molar-refractivity contribution in [1.82, 2.24) is 10.2 Å². The third-order valence-electron chi connectivity index (χ3n) is 4.68. The Morgan fingerprint density at radius 3 is 1.72 bits per heavy atom. The van der Waals surface area contributed by atoms with E-state index in [9.17, 15) is 0 Å². The third kappa shape index (κ3) is 4.36. The summed E-state index contributed by atoms with van der Waals surface area (Å²) in [6.07, 6.45) is 0. The van der Waals surface area contributed by atoms with E-state index in [1.165, 1.54) is 16.7 Å². The summed E-state index contributed by atoms with van der Waals surface area (Å²) in [7, 11) is 4.25. The largest absolute Gasteiger partial charge is 0.311 e. The van der Waals surface area contributed by atoms with E-state index < -0.39 is 0 Å². The zero-order valence-corrected chi connectivity index (χ0v) is 15.0. The van der Waals surface area contributed by atoms with Crippen molar-refractivity contribution in [3.05, 3.63) is 108 Å². The molecule has 3 aromatic rings. The van der Waals surface area contributed by atoms with Crippen LogP contribution in [0.5, 0.6) is 0 Å². The molecule has 3 rings (SSSR count). The molecule has 0 aliphatic rings. The van der Waals surface area contributed by atoms with Crippen molar-refractivity contribution in [3.8, 4) is 0 Å². The topological polar surface area (TPSA) is 15.3 Å². The molecule has 0 heterocycles. The summed E-state index contributed by atoms with van der Waals surface area (Å²) >= 11 is 0. The second kappa shape index (κ2) is 8.61. The number of nitrogens with one attached hydrogen (secondary N) is 1. The van der Waals surface area contributed by atoms with Gasteiger partial charge in [-0.25, -0.2) is 0 Å². The van der Waals surface area contributed by atoms with Crippen LogP contribution in [-0.4, -0.2) is 19.0 Å². The Morgan fingerprint density at radius 2 is 1.20 bits per heavy atom. The van der Waals surface area contributed by atoms with Gasteiger partial charge in [-0.1, -0.05) is 91.0 Å². The Morgan fingerprint density at radius 1 is 0.720 bits per heavy atom. The Balaban J connectivity index is 1.94. The molecule has 2 atom stereocenters. The zero-order chi connectivity index (χ0) is 17.5. The van der Waals surface area contributed by atoms with Crippen LogP contribution in [0.2, 0.25) is 0 Å². The standard InChI is InChI=1S/C23H26N2/c1-24-22(20-14-8-4-9-15-20)23(21-16-10-5-11-17-21)25(2)18-19-12-6-3-7-13-19/h3-17,22-24H,18H2,1-2H3. The second-order valence-electron chi connectivity index (χ2n) is 6.43. The predicted octanol–water partition coefficient (Wildman–Crippen LogP) is 4.82. The van der Waals surface area contributed by atoms with E-state index in [1.54, 1.807) is 0 Å². The van der Waals surface area contributed by atoms with Crippen molar-refractivity contribution in [3.63, 3.8) is 0 Å². The van der Waals surface area contributed by atoms with Gasteiger partial charge in [-0.3, -0.25) is 4.90 Å². The molecule has 0 bridgehead atoms. The molecule has 0 amide bonds. The molecule has 1 N–H and O–H groups in total. The maximum absolute atomic E-state index is 3.54. The quantitative estimate of drug-likeness (QED) is 0.668. The summed E-state index contributed by atoms with van der Waals surface area (Å²) in [6.45, 7) is 0.908. The van der Waals surface area contributed by atoms with Crippen LogP contribution in [0.15, 0.2) is 91.0 Å². The first-order valence-electron chi connectivity index (χ1n) is 8.81. The van der Waals surface area contributed by atoms with E-state index in [4.69, 9.17) is 0 Å². The van der Waals surface area contributed by atoms with Crippen molar-refractivity contribution in [2.24, 2.45) is 0 Å². The first kappa shape index (κ1) is 17.4. The van der Waals surface area contributed by atoms with Crippen molar-refractivity contribution in [1.29, 1.82) is 0 Å². The highest BCUT2D eigenvalue weighted by atomic mass is 15.2. The maximum Gasteiger partial charge on any atom is 0.0543 e. The lowest BCUT2D eigenvalue weighted by atomic mass is 9.92. The number of benzene rings is 3.